The van der Waals surface area contributed by atoms with Gasteiger partial charge in [-0.1, -0.05) is 48.8 Å². The zero-order chi connectivity index (χ0) is 26.7. The standard InChI is InChI=1S/C25H25BrN6O5/c1-13-8-9-14(26)10-16(13)29-22(34)20-21(28-12-27-20)23(35)32-24-30-15-6-5-7-17(19(15)31-24)36-37-18(33)11-25(2,3)4/h5-10,12H,11H2,1-4H3,(H,27,28)(H,29,34)(H2,30,31,32,35). The molecule has 0 radical (unpaired) electrons. The van der Waals surface area contributed by atoms with Crippen LogP contribution in [0.5, 0.6) is 5.75 Å². The van der Waals surface area contributed by atoms with Crippen LogP contribution >= 0.6 is 15.9 Å². The lowest BCUT2D eigenvalue weighted by Crippen LogP contribution is -2.21. The highest BCUT2D eigenvalue weighted by atomic mass is 79.9. The van der Waals surface area contributed by atoms with Crippen LogP contribution in [0.15, 0.2) is 47.2 Å². The first kappa shape index (κ1) is 25.9. The number of H-pyrrole nitrogens is 2. The van der Waals surface area contributed by atoms with E-state index < -0.39 is 17.8 Å². The highest BCUT2D eigenvalue weighted by Crippen LogP contribution is 2.27. The Bertz CT molecular complexity index is 1490. The molecule has 2 aromatic heterocycles. The Morgan fingerprint density at radius 3 is 2.62 bits per heavy atom. The fourth-order valence-corrected chi connectivity index (χ4v) is 3.77. The van der Waals surface area contributed by atoms with E-state index in [4.69, 9.17) is 9.78 Å². The lowest BCUT2D eigenvalue weighted by atomic mass is 9.93. The Morgan fingerprint density at radius 2 is 1.86 bits per heavy atom. The molecule has 0 saturated heterocycles. The second-order valence-corrected chi connectivity index (χ2v) is 10.4. The molecule has 0 bridgehead atoms. The van der Waals surface area contributed by atoms with Crippen LogP contribution in [0.4, 0.5) is 11.6 Å². The average molecular weight is 569 g/mol. The largest absolute Gasteiger partial charge is 0.355 e. The molecule has 2 heterocycles. The minimum Gasteiger partial charge on any atom is -0.340 e. The number of aromatic nitrogens is 4. The highest BCUT2D eigenvalue weighted by Gasteiger charge is 2.23. The molecular weight excluding hydrogens is 544 g/mol. The fourth-order valence-electron chi connectivity index (χ4n) is 3.41. The number of amides is 2. The fraction of sp³-hybridized carbons (Fsp3) is 0.240. The van der Waals surface area contributed by atoms with Gasteiger partial charge in [0.1, 0.15) is 11.2 Å². The number of aryl methyl sites for hydroxylation is 1. The van der Waals surface area contributed by atoms with Gasteiger partial charge in [-0.3, -0.25) is 24.7 Å². The zero-order valence-electron chi connectivity index (χ0n) is 20.6. The number of carbonyl (C=O) groups excluding carboxylic acids is 3. The van der Waals surface area contributed by atoms with E-state index in [1.807, 2.05) is 39.8 Å². The number of halogens is 1. The summed E-state index contributed by atoms with van der Waals surface area (Å²) in [6, 6.07) is 10.5. The Morgan fingerprint density at radius 1 is 1.08 bits per heavy atom. The van der Waals surface area contributed by atoms with Crippen molar-refractivity contribution in [3.05, 3.63) is 64.1 Å². The number of nitrogens with zero attached hydrogens (tertiary/aromatic N) is 2. The van der Waals surface area contributed by atoms with Crippen LogP contribution in [0.2, 0.25) is 0 Å². The second kappa shape index (κ2) is 10.4. The van der Waals surface area contributed by atoms with Crippen LogP contribution in [0.25, 0.3) is 11.0 Å². The van der Waals surface area contributed by atoms with Crippen molar-refractivity contribution in [1.82, 2.24) is 19.9 Å². The van der Waals surface area contributed by atoms with Crippen LogP contribution < -0.4 is 15.5 Å². The summed E-state index contributed by atoms with van der Waals surface area (Å²) in [6.45, 7) is 7.58. The van der Waals surface area contributed by atoms with Gasteiger partial charge in [-0.25, -0.2) is 14.8 Å². The monoisotopic (exact) mass is 568 g/mol. The summed E-state index contributed by atoms with van der Waals surface area (Å²) in [7, 11) is 0. The van der Waals surface area contributed by atoms with E-state index >= 15 is 0 Å². The number of nitrogens with one attached hydrogen (secondary N) is 4. The number of rotatable bonds is 7. The Labute approximate surface area is 220 Å². The number of carbonyl (C=O) groups is 3. The van der Waals surface area contributed by atoms with Gasteiger partial charge >= 0.3 is 5.97 Å². The van der Waals surface area contributed by atoms with E-state index in [0.29, 0.717) is 16.7 Å². The number of para-hydroxylation sites is 1. The van der Waals surface area contributed by atoms with Crippen LogP contribution in [0, 0.1) is 12.3 Å². The van der Waals surface area contributed by atoms with Crippen LogP contribution in [-0.4, -0.2) is 37.7 Å². The van der Waals surface area contributed by atoms with E-state index in [9.17, 15) is 14.4 Å². The summed E-state index contributed by atoms with van der Waals surface area (Å²) in [6.07, 6.45) is 1.43. The van der Waals surface area contributed by atoms with Crippen LogP contribution in [0.1, 0.15) is 53.7 Å². The van der Waals surface area contributed by atoms with Crippen LogP contribution in [0.3, 0.4) is 0 Å². The topological polar surface area (TPSA) is 151 Å². The molecular formula is C25H25BrN6O5. The van der Waals surface area contributed by atoms with E-state index in [1.54, 1.807) is 24.3 Å². The van der Waals surface area contributed by atoms with Crippen molar-refractivity contribution in [3.8, 4) is 5.75 Å². The molecule has 4 rings (SSSR count). The van der Waals surface area contributed by atoms with E-state index in [-0.39, 0.29) is 34.9 Å². The van der Waals surface area contributed by atoms with E-state index in [1.165, 1.54) is 6.33 Å². The molecule has 192 valence electrons. The first-order chi connectivity index (χ1) is 17.5. The molecule has 2 amide bonds. The molecule has 4 N–H and O–H groups in total. The van der Waals surface area contributed by atoms with Gasteiger partial charge in [-0.2, -0.15) is 0 Å². The summed E-state index contributed by atoms with van der Waals surface area (Å²) < 4.78 is 0.797. The van der Waals surface area contributed by atoms with Gasteiger partial charge in [0.25, 0.3) is 11.8 Å². The predicted octanol–water partition coefficient (Wildman–Crippen LogP) is 5.13. The molecule has 0 aliphatic rings. The van der Waals surface area contributed by atoms with Crippen molar-refractivity contribution in [3.63, 3.8) is 0 Å². The van der Waals surface area contributed by atoms with Gasteiger partial charge in [0, 0.05) is 10.2 Å². The number of hydrogen-bond donors (Lipinski definition) is 4. The van der Waals surface area contributed by atoms with E-state index in [2.05, 4.69) is 46.5 Å². The molecule has 0 saturated carbocycles. The van der Waals surface area contributed by atoms with Crippen molar-refractivity contribution in [2.75, 3.05) is 10.6 Å². The maximum atomic E-state index is 13.0. The number of anilines is 2. The van der Waals surface area contributed by atoms with Gasteiger partial charge in [-0.05, 0) is 42.2 Å². The molecule has 12 heteroatoms. The highest BCUT2D eigenvalue weighted by molar-refractivity contribution is 9.10. The Hall–Kier alpha value is -4.19. The molecule has 0 atom stereocenters. The van der Waals surface area contributed by atoms with Crippen molar-refractivity contribution in [2.24, 2.45) is 5.41 Å². The van der Waals surface area contributed by atoms with E-state index in [0.717, 1.165) is 10.0 Å². The summed E-state index contributed by atoms with van der Waals surface area (Å²) >= 11 is 3.38. The SMILES string of the molecule is Cc1ccc(Br)cc1NC(=O)c1nc[nH]c1C(=O)Nc1nc2c(OOC(=O)CC(C)(C)C)cccc2[nH]1. The minimum absolute atomic E-state index is 0.0433. The summed E-state index contributed by atoms with van der Waals surface area (Å²) in [5.74, 6) is -1.41. The zero-order valence-corrected chi connectivity index (χ0v) is 22.1. The lowest BCUT2D eigenvalue weighted by Gasteiger charge is -2.15. The first-order valence-corrected chi connectivity index (χ1v) is 12.1. The number of fused-ring (bicyclic) bond motifs is 1. The molecule has 0 aliphatic heterocycles. The van der Waals surface area contributed by atoms with Crippen molar-refractivity contribution < 1.29 is 24.2 Å². The maximum absolute atomic E-state index is 13.0. The number of imidazole rings is 2. The summed E-state index contributed by atoms with van der Waals surface area (Å²) in [5, 5.41) is 5.37. The van der Waals surface area contributed by atoms with Gasteiger partial charge in [0.2, 0.25) is 11.7 Å². The van der Waals surface area contributed by atoms with Crippen molar-refractivity contribution in [2.45, 2.75) is 34.1 Å². The maximum Gasteiger partial charge on any atom is 0.355 e. The smallest absolute Gasteiger partial charge is 0.340 e. The molecule has 0 fully saturated rings. The predicted molar refractivity (Wildman–Crippen MR) is 140 cm³/mol. The van der Waals surface area contributed by atoms with Gasteiger partial charge < -0.3 is 15.3 Å². The number of hydrogen-bond acceptors (Lipinski definition) is 7. The Kier molecular flexibility index (Phi) is 7.30. The molecule has 4 aromatic rings. The minimum atomic E-state index is -0.633. The summed E-state index contributed by atoms with van der Waals surface area (Å²) in [5.41, 5.74) is 1.93. The molecule has 0 unspecified atom stereocenters. The molecule has 2 aromatic carbocycles. The Balaban J connectivity index is 1.48. The molecule has 0 spiro atoms. The van der Waals surface area contributed by atoms with Crippen molar-refractivity contribution in [1.29, 1.82) is 0 Å². The molecule has 37 heavy (non-hydrogen) atoms. The normalized spacial score (nSPS) is 11.3. The molecule has 11 nitrogen and oxygen atoms in total. The quantitative estimate of drug-likeness (QED) is 0.178. The lowest BCUT2D eigenvalue weighted by molar-refractivity contribution is -0.215. The van der Waals surface area contributed by atoms with Gasteiger partial charge in [-0.15, -0.1) is 0 Å². The third-order valence-electron chi connectivity index (χ3n) is 5.14. The second-order valence-electron chi connectivity index (χ2n) is 9.51. The first-order valence-electron chi connectivity index (χ1n) is 11.3. The van der Waals surface area contributed by atoms with Gasteiger partial charge in [0.15, 0.2) is 5.69 Å². The molecule has 0 aliphatic carbocycles. The average Bonchev–Trinajstić information content (AvgIpc) is 3.46. The van der Waals surface area contributed by atoms with Gasteiger partial charge in [0.05, 0.1) is 18.3 Å². The summed E-state index contributed by atoms with van der Waals surface area (Å²) in [4.78, 5) is 62.0. The van der Waals surface area contributed by atoms with Crippen LogP contribution in [-0.2, 0) is 9.68 Å². The number of aromatic amines is 2. The van der Waals surface area contributed by atoms with Crippen molar-refractivity contribution >= 4 is 56.4 Å². The third kappa shape index (κ3) is 6.33. The number of benzene rings is 2. The third-order valence-corrected chi connectivity index (χ3v) is 5.63.